The SMILES string of the molecule is CSCCC(C)NC(=O)NCc1cc(C(=O)O)c(C)o1. The molecule has 1 atom stereocenters. The highest BCUT2D eigenvalue weighted by Gasteiger charge is 2.14. The minimum Gasteiger partial charge on any atom is -0.478 e. The number of furan rings is 1. The Morgan fingerprint density at radius 3 is 2.75 bits per heavy atom. The van der Waals surface area contributed by atoms with E-state index in [2.05, 4.69) is 10.6 Å². The largest absolute Gasteiger partial charge is 0.478 e. The summed E-state index contributed by atoms with van der Waals surface area (Å²) in [6, 6.07) is 1.23. The van der Waals surface area contributed by atoms with Crippen molar-refractivity contribution in [1.82, 2.24) is 10.6 Å². The molecule has 20 heavy (non-hydrogen) atoms. The van der Waals surface area contributed by atoms with E-state index >= 15 is 0 Å². The van der Waals surface area contributed by atoms with E-state index in [1.54, 1.807) is 18.7 Å². The second-order valence-electron chi connectivity index (χ2n) is 4.50. The number of hydrogen-bond donors (Lipinski definition) is 3. The van der Waals surface area contributed by atoms with Gasteiger partial charge in [0.05, 0.1) is 6.54 Å². The molecular weight excluding hydrogens is 280 g/mol. The van der Waals surface area contributed by atoms with Crippen molar-refractivity contribution in [2.75, 3.05) is 12.0 Å². The summed E-state index contributed by atoms with van der Waals surface area (Å²) in [6.07, 6.45) is 2.92. The summed E-state index contributed by atoms with van der Waals surface area (Å²) in [5.74, 6) is 0.711. The monoisotopic (exact) mass is 300 g/mol. The highest BCUT2D eigenvalue weighted by molar-refractivity contribution is 7.98. The molecule has 0 aliphatic heterocycles. The van der Waals surface area contributed by atoms with Gasteiger partial charge in [-0.3, -0.25) is 0 Å². The predicted octanol–water partition coefficient (Wildman–Crippen LogP) is 2.23. The van der Waals surface area contributed by atoms with Crippen LogP contribution in [0.15, 0.2) is 10.5 Å². The number of carboxylic acid groups (broad SMARTS) is 1. The van der Waals surface area contributed by atoms with Crippen molar-refractivity contribution in [2.45, 2.75) is 32.9 Å². The third kappa shape index (κ3) is 5.16. The summed E-state index contributed by atoms with van der Waals surface area (Å²) in [5.41, 5.74) is 0.121. The number of amides is 2. The Morgan fingerprint density at radius 2 is 2.20 bits per heavy atom. The number of carboxylic acids is 1. The second-order valence-corrected chi connectivity index (χ2v) is 5.48. The number of nitrogens with one attached hydrogen (secondary N) is 2. The van der Waals surface area contributed by atoms with Crippen LogP contribution in [0.2, 0.25) is 0 Å². The maximum Gasteiger partial charge on any atom is 0.339 e. The summed E-state index contributed by atoms with van der Waals surface area (Å²) in [7, 11) is 0. The van der Waals surface area contributed by atoms with Gasteiger partial charge < -0.3 is 20.2 Å². The molecule has 0 saturated heterocycles. The molecule has 1 aromatic heterocycles. The summed E-state index contributed by atoms with van der Waals surface area (Å²) in [5, 5.41) is 14.3. The van der Waals surface area contributed by atoms with E-state index in [4.69, 9.17) is 9.52 Å². The third-order valence-electron chi connectivity index (χ3n) is 2.75. The molecule has 1 aromatic rings. The van der Waals surface area contributed by atoms with Gasteiger partial charge in [0.15, 0.2) is 0 Å². The fraction of sp³-hybridized carbons (Fsp3) is 0.538. The van der Waals surface area contributed by atoms with E-state index in [0.717, 1.165) is 12.2 Å². The van der Waals surface area contributed by atoms with Gasteiger partial charge in [-0.25, -0.2) is 9.59 Å². The number of urea groups is 1. The van der Waals surface area contributed by atoms with Gasteiger partial charge >= 0.3 is 12.0 Å². The number of carbonyl (C=O) groups excluding carboxylic acids is 1. The number of aromatic carboxylic acids is 1. The Bertz CT molecular complexity index is 473. The highest BCUT2D eigenvalue weighted by atomic mass is 32.2. The van der Waals surface area contributed by atoms with Gasteiger partial charge in [-0.15, -0.1) is 0 Å². The molecule has 0 saturated carbocycles. The van der Waals surface area contributed by atoms with Crippen LogP contribution in [-0.2, 0) is 6.54 Å². The van der Waals surface area contributed by atoms with Gasteiger partial charge in [0.1, 0.15) is 17.1 Å². The molecule has 0 aliphatic carbocycles. The lowest BCUT2D eigenvalue weighted by molar-refractivity contribution is 0.0695. The van der Waals surface area contributed by atoms with Crippen LogP contribution in [0.5, 0.6) is 0 Å². The van der Waals surface area contributed by atoms with Crippen LogP contribution >= 0.6 is 11.8 Å². The maximum absolute atomic E-state index is 11.6. The zero-order valence-corrected chi connectivity index (χ0v) is 12.7. The molecule has 112 valence electrons. The van der Waals surface area contributed by atoms with Crippen molar-refractivity contribution >= 4 is 23.8 Å². The minimum absolute atomic E-state index is 0.0929. The van der Waals surface area contributed by atoms with Crippen LogP contribution in [0, 0.1) is 6.92 Å². The third-order valence-corrected chi connectivity index (χ3v) is 3.40. The van der Waals surface area contributed by atoms with Crippen LogP contribution in [0.25, 0.3) is 0 Å². The van der Waals surface area contributed by atoms with Crippen molar-refractivity contribution in [3.63, 3.8) is 0 Å². The summed E-state index contributed by atoms with van der Waals surface area (Å²) >= 11 is 1.73. The van der Waals surface area contributed by atoms with Crippen molar-refractivity contribution < 1.29 is 19.1 Å². The summed E-state index contributed by atoms with van der Waals surface area (Å²) in [6.45, 7) is 3.68. The van der Waals surface area contributed by atoms with Crippen LogP contribution in [-0.4, -0.2) is 35.2 Å². The van der Waals surface area contributed by atoms with Gasteiger partial charge in [0, 0.05) is 6.04 Å². The zero-order valence-electron chi connectivity index (χ0n) is 11.9. The minimum atomic E-state index is -1.03. The first-order valence-electron chi connectivity index (χ1n) is 6.30. The van der Waals surface area contributed by atoms with Gasteiger partial charge in [-0.1, -0.05) is 0 Å². The Balaban J connectivity index is 2.41. The lowest BCUT2D eigenvalue weighted by atomic mass is 10.2. The van der Waals surface area contributed by atoms with E-state index in [-0.39, 0.29) is 24.2 Å². The Kier molecular flexibility index (Phi) is 6.44. The maximum atomic E-state index is 11.6. The van der Waals surface area contributed by atoms with E-state index in [1.807, 2.05) is 13.2 Å². The molecule has 1 heterocycles. The number of hydrogen-bond acceptors (Lipinski definition) is 4. The molecule has 0 radical (unpaired) electrons. The molecule has 0 aromatic carbocycles. The van der Waals surface area contributed by atoms with Crippen molar-refractivity contribution in [3.05, 3.63) is 23.2 Å². The summed E-state index contributed by atoms with van der Waals surface area (Å²) < 4.78 is 5.27. The zero-order chi connectivity index (χ0) is 15.1. The Morgan fingerprint density at radius 1 is 1.50 bits per heavy atom. The number of rotatable bonds is 7. The standard InChI is InChI=1S/C13H20N2O4S/c1-8(4-5-20-3)15-13(18)14-7-10-6-11(12(16)17)9(2)19-10/h6,8H,4-5,7H2,1-3H3,(H,16,17)(H2,14,15,18). The normalized spacial score (nSPS) is 11.9. The van der Waals surface area contributed by atoms with E-state index in [1.165, 1.54) is 6.07 Å². The molecule has 6 nitrogen and oxygen atoms in total. The first-order valence-corrected chi connectivity index (χ1v) is 7.69. The number of carbonyl (C=O) groups is 2. The van der Waals surface area contributed by atoms with Crippen molar-refractivity contribution in [1.29, 1.82) is 0 Å². The van der Waals surface area contributed by atoms with E-state index in [0.29, 0.717) is 11.5 Å². The fourth-order valence-corrected chi connectivity index (χ4v) is 2.24. The molecule has 3 N–H and O–H groups in total. The topological polar surface area (TPSA) is 91.6 Å². The van der Waals surface area contributed by atoms with Crippen LogP contribution in [0.3, 0.4) is 0 Å². The highest BCUT2D eigenvalue weighted by Crippen LogP contribution is 2.14. The molecule has 2 amide bonds. The van der Waals surface area contributed by atoms with Gasteiger partial charge in [0.2, 0.25) is 0 Å². The van der Waals surface area contributed by atoms with E-state index < -0.39 is 5.97 Å². The lowest BCUT2D eigenvalue weighted by Crippen LogP contribution is -2.40. The van der Waals surface area contributed by atoms with Gasteiger partial charge in [-0.05, 0) is 38.3 Å². The molecule has 1 rings (SSSR count). The average molecular weight is 300 g/mol. The lowest BCUT2D eigenvalue weighted by Gasteiger charge is -2.13. The van der Waals surface area contributed by atoms with Crippen LogP contribution in [0.4, 0.5) is 4.79 Å². The van der Waals surface area contributed by atoms with Crippen LogP contribution in [0.1, 0.15) is 35.2 Å². The van der Waals surface area contributed by atoms with Crippen molar-refractivity contribution in [2.24, 2.45) is 0 Å². The smallest absolute Gasteiger partial charge is 0.339 e. The second kappa shape index (κ2) is 7.84. The molecular formula is C13H20N2O4S. The Hall–Kier alpha value is -1.63. The van der Waals surface area contributed by atoms with Crippen LogP contribution < -0.4 is 10.6 Å². The van der Waals surface area contributed by atoms with Gasteiger partial charge in [0.25, 0.3) is 0 Å². The molecule has 0 bridgehead atoms. The molecule has 0 aliphatic rings. The summed E-state index contributed by atoms with van der Waals surface area (Å²) in [4.78, 5) is 22.5. The molecule has 0 fully saturated rings. The fourth-order valence-electron chi connectivity index (χ4n) is 1.65. The van der Waals surface area contributed by atoms with Gasteiger partial charge in [-0.2, -0.15) is 11.8 Å². The first kappa shape index (κ1) is 16.4. The average Bonchev–Trinajstić information content (AvgIpc) is 2.75. The molecule has 0 spiro atoms. The van der Waals surface area contributed by atoms with E-state index in [9.17, 15) is 9.59 Å². The molecule has 7 heteroatoms. The predicted molar refractivity (Wildman–Crippen MR) is 78.2 cm³/mol. The Labute approximate surface area is 122 Å². The first-order chi connectivity index (χ1) is 9.43. The quantitative estimate of drug-likeness (QED) is 0.718. The number of thioether (sulfide) groups is 1. The number of aryl methyl sites for hydroxylation is 1. The van der Waals surface area contributed by atoms with Crippen molar-refractivity contribution in [3.8, 4) is 0 Å². The molecule has 1 unspecified atom stereocenters.